The van der Waals surface area contributed by atoms with E-state index in [1.54, 1.807) is 36.4 Å². The van der Waals surface area contributed by atoms with Gasteiger partial charge in [-0.3, -0.25) is 14.4 Å². The first-order chi connectivity index (χ1) is 28.4. The molecule has 0 saturated carbocycles. The Morgan fingerprint density at radius 3 is 1.28 bits per heavy atom. The number of rotatable bonds is 21. The lowest BCUT2D eigenvalue weighted by Gasteiger charge is -2.19. The third-order valence-electron chi connectivity index (χ3n) is 9.23. The molecule has 0 bridgehead atoms. The standard InChI is InChI=1S/C48H47N3O7/c49-46(52)41(51-48(54)40-26-16-29-43(56-32-36-19-7-2-8-20-36)45(40)58-34-38-23-11-4-12-24-38)27-13-14-30-50-47(53)39-25-15-28-42(55-31-35-17-5-1-6-18-35)44(39)57-33-37-21-9-3-10-22-37/h1-12,15-26,28-29,41H,13-14,27,30-34H2,(H2,49,52)(H,50,53)(H,51,54)/t41-/m1/s1. The Labute approximate surface area is 338 Å². The molecule has 6 rings (SSSR count). The van der Waals surface area contributed by atoms with Crippen molar-refractivity contribution in [1.29, 1.82) is 0 Å². The Balaban J connectivity index is 1.07. The van der Waals surface area contributed by atoms with Crippen LogP contribution < -0.4 is 35.3 Å². The zero-order valence-corrected chi connectivity index (χ0v) is 32.2. The molecule has 6 aromatic rings. The second-order valence-electron chi connectivity index (χ2n) is 13.5. The lowest BCUT2D eigenvalue weighted by atomic mass is 10.1. The monoisotopic (exact) mass is 777 g/mol. The van der Waals surface area contributed by atoms with E-state index >= 15 is 0 Å². The van der Waals surface area contributed by atoms with Crippen molar-refractivity contribution < 1.29 is 33.3 Å². The lowest BCUT2D eigenvalue weighted by Crippen LogP contribution is -2.44. The van der Waals surface area contributed by atoms with Gasteiger partial charge in [0, 0.05) is 6.54 Å². The van der Waals surface area contributed by atoms with Crippen LogP contribution in [0.4, 0.5) is 0 Å². The first kappa shape index (κ1) is 40.6. The summed E-state index contributed by atoms with van der Waals surface area (Å²) < 4.78 is 24.7. The molecule has 296 valence electrons. The fourth-order valence-corrected chi connectivity index (χ4v) is 6.14. The van der Waals surface area contributed by atoms with Crippen LogP contribution in [-0.2, 0) is 31.2 Å². The van der Waals surface area contributed by atoms with E-state index in [1.165, 1.54) is 0 Å². The van der Waals surface area contributed by atoms with Gasteiger partial charge in [0.25, 0.3) is 11.8 Å². The number of nitrogens with two attached hydrogens (primary N) is 1. The number of nitrogens with one attached hydrogen (secondary N) is 2. The highest BCUT2D eigenvalue weighted by molar-refractivity contribution is 6.00. The number of ether oxygens (including phenoxy) is 4. The van der Waals surface area contributed by atoms with Gasteiger partial charge in [0.1, 0.15) is 32.5 Å². The molecule has 0 radical (unpaired) electrons. The van der Waals surface area contributed by atoms with Gasteiger partial charge < -0.3 is 35.3 Å². The highest BCUT2D eigenvalue weighted by Crippen LogP contribution is 2.34. The van der Waals surface area contributed by atoms with Gasteiger partial charge >= 0.3 is 0 Å². The molecule has 0 aromatic heterocycles. The Kier molecular flexibility index (Phi) is 14.9. The van der Waals surface area contributed by atoms with E-state index in [1.807, 2.05) is 121 Å². The summed E-state index contributed by atoms with van der Waals surface area (Å²) in [4.78, 5) is 39.9. The summed E-state index contributed by atoms with van der Waals surface area (Å²) in [6.45, 7) is 1.33. The van der Waals surface area contributed by atoms with Crippen LogP contribution in [0.2, 0.25) is 0 Å². The number of amides is 3. The molecule has 0 unspecified atom stereocenters. The van der Waals surface area contributed by atoms with Gasteiger partial charge in [-0.2, -0.15) is 0 Å². The molecule has 0 fully saturated rings. The van der Waals surface area contributed by atoms with E-state index in [9.17, 15) is 14.4 Å². The van der Waals surface area contributed by atoms with Crippen molar-refractivity contribution in [3.8, 4) is 23.0 Å². The average Bonchev–Trinajstić information content (AvgIpc) is 3.27. The second kappa shape index (κ2) is 21.3. The number of hydrogen-bond acceptors (Lipinski definition) is 7. The number of hydrogen-bond donors (Lipinski definition) is 3. The van der Waals surface area contributed by atoms with Crippen LogP contribution in [0.5, 0.6) is 23.0 Å². The van der Waals surface area contributed by atoms with Crippen molar-refractivity contribution in [2.45, 2.75) is 51.7 Å². The van der Waals surface area contributed by atoms with Crippen LogP contribution >= 0.6 is 0 Å². The maximum Gasteiger partial charge on any atom is 0.255 e. The van der Waals surface area contributed by atoms with Crippen molar-refractivity contribution in [3.63, 3.8) is 0 Å². The van der Waals surface area contributed by atoms with Crippen LogP contribution in [0, 0.1) is 0 Å². The van der Waals surface area contributed by atoms with Gasteiger partial charge in [-0.15, -0.1) is 0 Å². The number of carbonyl (C=O) groups excluding carboxylic acids is 3. The van der Waals surface area contributed by atoms with Gasteiger partial charge in [0.2, 0.25) is 5.91 Å². The van der Waals surface area contributed by atoms with Crippen molar-refractivity contribution >= 4 is 17.7 Å². The third kappa shape index (κ3) is 12.0. The highest BCUT2D eigenvalue weighted by atomic mass is 16.5. The molecule has 1 atom stereocenters. The summed E-state index contributed by atoms with van der Waals surface area (Å²) in [5, 5.41) is 5.76. The number of para-hydroxylation sites is 2. The van der Waals surface area contributed by atoms with E-state index in [0.29, 0.717) is 48.8 Å². The van der Waals surface area contributed by atoms with Crippen molar-refractivity contribution in [2.24, 2.45) is 5.73 Å². The Morgan fingerprint density at radius 2 is 0.862 bits per heavy atom. The smallest absolute Gasteiger partial charge is 0.255 e. The fraction of sp³-hybridized carbons (Fsp3) is 0.188. The molecule has 3 amide bonds. The number of primary amides is 1. The Bertz CT molecular complexity index is 2220. The molecule has 0 aliphatic heterocycles. The summed E-state index contributed by atoms with van der Waals surface area (Å²) >= 11 is 0. The lowest BCUT2D eigenvalue weighted by molar-refractivity contribution is -0.120. The van der Waals surface area contributed by atoms with Crippen LogP contribution in [-0.4, -0.2) is 30.3 Å². The molecule has 0 aliphatic rings. The Morgan fingerprint density at radius 1 is 0.466 bits per heavy atom. The minimum absolute atomic E-state index is 0.198. The van der Waals surface area contributed by atoms with Crippen molar-refractivity contribution in [2.75, 3.05) is 6.54 Å². The van der Waals surface area contributed by atoms with Crippen LogP contribution in [0.1, 0.15) is 62.2 Å². The van der Waals surface area contributed by atoms with Gasteiger partial charge in [-0.1, -0.05) is 133 Å². The van der Waals surface area contributed by atoms with E-state index in [0.717, 1.165) is 22.3 Å². The topological polar surface area (TPSA) is 138 Å². The number of unbranched alkanes of at least 4 members (excludes halogenated alkanes) is 1. The quantitative estimate of drug-likeness (QED) is 0.0627. The largest absolute Gasteiger partial charge is 0.485 e. The van der Waals surface area contributed by atoms with E-state index < -0.39 is 17.9 Å². The van der Waals surface area contributed by atoms with Crippen molar-refractivity contribution in [1.82, 2.24) is 10.6 Å². The summed E-state index contributed by atoms with van der Waals surface area (Å²) in [7, 11) is 0. The van der Waals surface area contributed by atoms with Gasteiger partial charge in [-0.05, 0) is 65.8 Å². The third-order valence-corrected chi connectivity index (χ3v) is 9.23. The maximum absolute atomic E-state index is 13.8. The van der Waals surface area contributed by atoms with E-state index in [2.05, 4.69) is 10.6 Å². The second-order valence-corrected chi connectivity index (χ2v) is 13.5. The minimum atomic E-state index is -0.962. The molecule has 4 N–H and O–H groups in total. The molecule has 0 aliphatic carbocycles. The molecular formula is C48H47N3O7. The molecule has 58 heavy (non-hydrogen) atoms. The zero-order chi connectivity index (χ0) is 40.4. The van der Waals surface area contributed by atoms with Gasteiger partial charge in [-0.25, -0.2) is 0 Å². The van der Waals surface area contributed by atoms with Gasteiger partial charge in [0.15, 0.2) is 23.0 Å². The summed E-state index contributed by atoms with van der Waals surface area (Å²) in [5.41, 5.74) is 10.1. The Hall–Kier alpha value is -7.07. The SMILES string of the molecule is NC(=O)[C@@H](CCCCNC(=O)c1cccc(OCc2ccccc2)c1OCc1ccccc1)NC(=O)c1cccc(OCc2ccccc2)c1OCc1ccccc1. The fourth-order valence-electron chi connectivity index (χ4n) is 6.14. The summed E-state index contributed by atoms with van der Waals surface area (Å²) in [6.07, 6.45) is 1.27. The first-order valence-corrected chi connectivity index (χ1v) is 19.3. The molecule has 0 heterocycles. The maximum atomic E-state index is 13.8. The first-order valence-electron chi connectivity index (χ1n) is 19.3. The van der Waals surface area contributed by atoms with Crippen molar-refractivity contribution in [3.05, 3.63) is 191 Å². The number of carbonyl (C=O) groups is 3. The molecule has 10 heteroatoms. The average molecular weight is 778 g/mol. The minimum Gasteiger partial charge on any atom is -0.485 e. The van der Waals surface area contributed by atoms with Crippen LogP contribution in [0.3, 0.4) is 0 Å². The zero-order valence-electron chi connectivity index (χ0n) is 32.2. The molecular weight excluding hydrogens is 731 g/mol. The van der Waals surface area contributed by atoms with Crippen LogP contribution in [0.25, 0.3) is 0 Å². The number of benzene rings is 6. The molecule has 0 saturated heterocycles. The molecule has 0 spiro atoms. The predicted molar refractivity (Wildman–Crippen MR) is 223 cm³/mol. The normalized spacial score (nSPS) is 11.2. The summed E-state index contributed by atoms with van der Waals surface area (Å²) in [6, 6.07) is 48.1. The van der Waals surface area contributed by atoms with E-state index in [-0.39, 0.29) is 43.5 Å². The predicted octanol–water partition coefficient (Wildman–Crippen LogP) is 8.19. The molecule has 10 nitrogen and oxygen atoms in total. The van der Waals surface area contributed by atoms with Gasteiger partial charge in [0.05, 0.1) is 11.1 Å². The summed E-state index contributed by atoms with van der Waals surface area (Å²) in [5.74, 6) is -0.0818. The van der Waals surface area contributed by atoms with E-state index in [4.69, 9.17) is 24.7 Å². The van der Waals surface area contributed by atoms with Crippen LogP contribution in [0.15, 0.2) is 158 Å². The molecule has 6 aromatic carbocycles. The highest BCUT2D eigenvalue weighted by Gasteiger charge is 2.24.